The molecule has 0 spiro atoms. The van der Waals surface area contributed by atoms with Gasteiger partial charge in [-0.3, -0.25) is 19.2 Å². The Balaban J connectivity index is 3.26. The van der Waals surface area contributed by atoms with Crippen LogP contribution in [0.15, 0.2) is 18.2 Å². The van der Waals surface area contributed by atoms with Gasteiger partial charge in [0.25, 0.3) is 0 Å². The first-order valence-corrected chi connectivity index (χ1v) is 13.8. The van der Waals surface area contributed by atoms with Crippen LogP contribution >= 0.6 is 0 Å². The number of rotatable bonds is 13. The standard InChI is InChI=1S/C31H49NO8/c1-20(2)11-14-25(33)38-21(3)16-31(32,28(36)37-10)17-22-12-13-23(39-26(34)18-29(4,5)6)24(15-22)40-27(35)19-30(7,8)9/h12-13,15,20-21H,11,14,16-19,32H2,1-10H3/t21?,31-/m1/s1. The van der Waals surface area contributed by atoms with Crippen molar-refractivity contribution in [2.45, 2.75) is 112 Å². The van der Waals surface area contributed by atoms with E-state index in [2.05, 4.69) is 0 Å². The van der Waals surface area contributed by atoms with Crippen LogP contribution < -0.4 is 15.2 Å². The highest BCUT2D eigenvalue weighted by Crippen LogP contribution is 2.33. The Morgan fingerprint density at radius 2 is 1.35 bits per heavy atom. The lowest BCUT2D eigenvalue weighted by Crippen LogP contribution is -2.53. The van der Waals surface area contributed by atoms with Crippen molar-refractivity contribution >= 4 is 23.9 Å². The van der Waals surface area contributed by atoms with Crippen LogP contribution in [0.1, 0.15) is 100.0 Å². The fourth-order valence-corrected chi connectivity index (χ4v) is 4.05. The zero-order valence-corrected chi connectivity index (χ0v) is 26.0. The normalized spacial score (nSPS) is 14.2. The third kappa shape index (κ3) is 13.4. The average molecular weight is 564 g/mol. The molecule has 1 rings (SSSR count). The van der Waals surface area contributed by atoms with Crippen LogP contribution in [0.3, 0.4) is 0 Å². The van der Waals surface area contributed by atoms with Crippen LogP contribution in [0.25, 0.3) is 0 Å². The minimum Gasteiger partial charge on any atom is -0.468 e. The molecule has 0 bridgehead atoms. The molecule has 9 nitrogen and oxygen atoms in total. The Bertz CT molecular complexity index is 1030. The smallest absolute Gasteiger partial charge is 0.326 e. The Hall–Kier alpha value is -2.94. The second-order valence-electron chi connectivity index (χ2n) is 13.5. The van der Waals surface area contributed by atoms with Crippen LogP contribution in [-0.4, -0.2) is 42.6 Å². The third-order valence-corrected chi connectivity index (χ3v) is 5.83. The summed E-state index contributed by atoms with van der Waals surface area (Å²) in [6.07, 6.45) is 0.616. The van der Waals surface area contributed by atoms with Crippen LogP contribution in [0.5, 0.6) is 11.5 Å². The predicted molar refractivity (Wildman–Crippen MR) is 153 cm³/mol. The minimum absolute atomic E-state index is 0.00635. The quantitative estimate of drug-likeness (QED) is 0.243. The first-order valence-electron chi connectivity index (χ1n) is 13.8. The summed E-state index contributed by atoms with van der Waals surface area (Å²) in [5.41, 5.74) is 4.93. The summed E-state index contributed by atoms with van der Waals surface area (Å²) < 4.78 is 21.7. The molecular weight excluding hydrogens is 514 g/mol. The van der Waals surface area contributed by atoms with Crippen LogP contribution in [0, 0.1) is 16.7 Å². The Labute approximate surface area is 239 Å². The van der Waals surface area contributed by atoms with Gasteiger partial charge in [-0.1, -0.05) is 61.5 Å². The molecule has 9 heteroatoms. The highest BCUT2D eigenvalue weighted by Gasteiger charge is 2.38. The van der Waals surface area contributed by atoms with E-state index in [1.54, 1.807) is 13.0 Å². The maximum Gasteiger partial charge on any atom is 0.326 e. The first kappa shape index (κ1) is 35.1. The molecular formula is C31H49NO8. The number of hydrogen-bond donors (Lipinski definition) is 1. The van der Waals surface area contributed by atoms with Crippen molar-refractivity contribution in [1.29, 1.82) is 0 Å². The van der Waals surface area contributed by atoms with Gasteiger partial charge in [0.05, 0.1) is 20.0 Å². The maximum absolute atomic E-state index is 12.8. The van der Waals surface area contributed by atoms with E-state index in [1.165, 1.54) is 19.2 Å². The topological polar surface area (TPSA) is 131 Å². The van der Waals surface area contributed by atoms with E-state index >= 15 is 0 Å². The molecule has 0 aromatic heterocycles. The molecule has 1 aromatic carbocycles. The van der Waals surface area contributed by atoms with Crippen molar-refractivity contribution in [2.24, 2.45) is 22.5 Å². The maximum atomic E-state index is 12.8. The largest absolute Gasteiger partial charge is 0.468 e. The van der Waals surface area contributed by atoms with Crippen molar-refractivity contribution in [2.75, 3.05) is 7.11 Å². The molecule has 2 atom stereocenters. The van der Waals surface area contributed by atoms with Gasteiger partial charge < -0.3 is 24.7 Å². The van der Waals surface area contributed by atoms with E-state index in [-0.39, 0.29) is 60.4 Å². The van der Waals surface area contributed by atoms with E-state index in [1.807, 2.05) is 55.4 Å². The summed E-state index contributed by atoms with van der Waals surface area (Å²) in [6, 6.07) is 4.69. The highest BCUT2D eigenvalue weighted by atomic mass is 16.6. The number of ether oxygens (including phenoxy) is 4. The van der Waals surface area contributed by atoms with Gasteiger partial charge in [-0.05, 0) is 47.8 Å². The fourth-order valence-electron chi connectivity index (χ4n) is 4.05. The van der Waals surface area contributed by atoms with Crippen molar-refractivity contribution in [3.05, 3.63) is 23.8 Å². The van der Waals surface area contributed by atoms with Gasteiger partial charge in [0, 0.05) is 19.3 Å². The minimum atomic E-state index is -1.54. The molecule has 40 heavy (non-hydrogen) atoms. The lowest BCUT2D eigenvalue weighted by molar-refractivity contribution is -0.155. The molecule has 0 heterocycles. The van der Waals surface area contributed by atoms with Gasteiger partial charge in [-0.25, -0.2) is 0 Å². The number of methoxy groups -OCH3 is 1. The van der Waals surface area contributed by atoms with Crippen LogP contribution in [0.2, 0.25) is 0 Å². The van der Waals surface area contributed by atoms with Gasteiger partial charge in [-0.15, -0.1) is 0 Å². The second kappa shape index (κ2) is 14.6. The molecule has 1 unspecified atom stereocenters. The van der Waals surface area contributed by atoms with Gasteiger partial charge in [0.2, 0.25) is 0 Å². The molecule has 0 saturated carbocycles. The first-order chi connectivity index (χ1) is 18.2. The van der Waals surface area contributed by atoms with Crippen molar-refractivity contribution < 1.29 is 38.1 Å². The fraction of sp³-hybridized carbons (Fsp3) is 0.677. The molecule has 0 aliphatic heterocycles. The van der Waals surface area contributed by atoms with Crippen molar-refractivity contribution in [1.82, 2.24) is 0 Å². The van der Waals surface area contributed by atoms with Gasteiger partial charge >= 0.3 is 23.9 Å². The third-order valence-electron chi connectivity index (χ3n) is 5.83. The van der Waals surface area contributed by atoms with Gasteiger partial charge in [0.15, 0.2) is 11.5 Å². The zero-order valence-electron chi connectivity index (χ0n) is 26.0. The van der Waals surface area contributed by atoms with E-state index in [4.69, 9.17) is 24.7 Å². The summed E-state index contributed by atoms with van der Waals surface area (Å²) in [6.45, 7) is 17.2. The molecule has 0 saturated heterocycles. The molecule has 226 valence electrons. The molecule has 0 fully saturated rings. The number of esters is 4. The molecule has 0 aliphatic rings. The SMILES string of the molecule is COC(=O)[C@](N)(Cc1ccc(OC(=O)CC(C)(C)C)c(OC(=O)CC(C)(C)C)c1)CC(C)OC(=O)CCC(C)C. The lowest BCUT2D eigenvalue weighted by Gasteiger charge is -2.29. The van der Waals surface area contributed by atoms with Gasteiger partial charge in [0.1, 0.15) is 11.6 Å². The van der Waals surface area contributed by atoms with Gasteiger partial charge in [-0.2, -0.15) is 0 Å². The Morgan fingerprint density at radius 1 is 0.825 bits per heavy atom. The molecule has 1 aromatic rings. The summed E-state index contributed by atoms with van der Waals surface area (Å²) in [4.78, 5) is 50.3. The van der Waals surface area contributed by atoms with E-state index < -0.39 is 29.6 Å². The second-order valence-corrected chi connectivity index (χ2v) is 13.5. The van der Waals surface area contributed by atoms with Crippen LogP contribution in [0.4, 0.5) is 0 Å². The molecule has 0 aliphatic carbocycles. The Morgan fingerprint density at radius 3 is 1.82 bits per heavy atom. The predicted octanol–water partition coefficient (Wildman–Crippen LogP) is 5.54. The molecule has 2 N–H and O–H groups in total. The van der Waals surface area contributed by atoms with E-state index in [0.717, 1.165) is 0 Å². The summed E-state index contributed by atoms with van der Waals surface area (Å²) in [5.74, 6) is -1.50. The monoisotopic (exact) mass is 563 g/mol. The summed E-state index contributed by atoms with van der Waals surface area (Å²) >= 11 is 0. The van der Waals surface area contributed by atoms with E-state index in [0.29, 0.717) is 17.9 Å². The summed E-state index contributed by atoms with van der Waals surface area (Å²) in [7, 11) is 1.24. The van der Waals surface area contributed by atoms with Crippen molar-refractivity contribution in [3.8, 4) is 11.5 Å². The van der Waals surface area contributed by atoms with Crippen molar-refractivity contribution in [3.63, 3.8) is 0 Å². The average Bonchev–Trinajstić information content (AvgIpc) is 2.76. The van der Waals surface area contributed by atoms with E-state index in [9.17, 15) is 19.2 Å². The number of hydrogen-bond acceptors (Lipinski definition) is 9. The Kier molecular flexibility index (Phi) is 12.8. The molecule has 0 amide bonds. The van der Waals surface area contributed by atoms with Crippen LogP contribution in [-0.2, 0) is 35.1 Å². The number of carbonyl (C=O) groups excluding carboxylic acids is 4. The molecule has 0 radical (unpaired) electrons. The number of nitrogens with two attached hydrogens (primary N) is 1. The summed E-state index contributed by atoms with van der Waals surface area (Å²) in [5, 5.41) is 0. The number of carbonyl (C=O) groups is 4. The highest BCUT2D eigenvalue weighted by molar-refractivity contribution is 5.81. The zero-order chi connectivity index (χ0) is 30.9. The number of benzene rings is 1. The lowest BCUT2D eigenvalue weighted by atomic mass is 9.86.